The van der Waals surface area contributed by atoms with Crippen molar-refractivity contribution in [2.24, 2.45) is 10.4 Å². The summed E-state index contributed by atoms with van der Waals surface area (Å²) in [6, 6.07) is 11.2. The van der Waals surface area contributed by atoms with Gasteiger partial charge >= 0.3 is 0 Å². The molecule has 0 radical (unpaired) electrons. The minimum absolute atomic E-state index is 0.0913. The second kappa shape index (κ2) is 8.82. The Morgan fingerprint density at radius 3 is 2.32 bits per heavy atom. The minimum Gasteiger partial charge on any atom is -0.356 e. The smallest absolute Gasteiger partial charge is 0.193 e. The van der Waals surface area contributed by atoms with Crippen molar-refractivity contribution < 1.29 is 8.42 Å². The van der Waals surface area contributed by atoms with Gasteiger partial charge in [-0.2, -0.15) is 0 Å². The summed E-state index contributed by atoms with van der Waals surface area (Å²) in [5, 5.41) is 3.45. The van der Waals surface area contributed by atoms with Crippen LogP contribution in [0.5, 0.6) is 0 Å². The molecule has 2 fully saturated rings. The van der Waals surface area contributed by atoms with E-state index in [0.717, 1.165) is 51.4 Å². The first-order chi connectivity index (χ1) is 13.4. The highest BCUT2D eigenvalue weighted by Gasteiger charge is 2.45. The predicted molar refractivity (Wildman–Crippen MR) is 115 cm³/mol. The van der Waals surface area contributed by atoms with Crippen LogP contribution in [0.25, 0.3) is 0 Å². The van der Waals surface area contributed by atoms with Crippen LogP contribution in [0.4, 0.5) is 0 Å². The van der Waals surface area contributed by atoms with E-state index in [1.807, 2.05) is 7.05 Å². The zero-order valence-corrected chi connectivity index (χ0v) is 18.2. The number of guanidine groups is 1. The first-order valence-corrected chi connectivity index (χ1v) is 12.3. The number of hydrogen-bond acceptors (Lipinski definition) is 4. The third kappa shape index (κ3) is 5.47. The third-order valence-corrected chi connectivity index (χ3v) is 7.12. The fraction of sp³-hybridized carbons (Fsp3) is 0.667. The Morgan fingerprint density at radius 1 is 1.18 bits per heavy atom. The van der Waals surface area contributed by atoms with Gasteiger partial charge in [-0.25, -0.2) is 8.42 Å². The van der Waals surface area contributed by atoms with Crippen LogP contribution in [0.15, 0.2) is 35.3 Å². The summed E-state index contributed by atoms with van der Waals surface area (Å²) >= 11 is 0. The van der Waals surface area contributed by atoms with E-state index in [1.165, 1.54) is 11.8 Å². The molecule has 1 heterocycles. The molecule has 1 aliphatic heterocycles. The Morgan fingerprint density at radius 2 is 1.82 bits per heavy atom. The predicted octanol–water partition coefficient (Wildman–Crippen LogP) is 2.16. The molecule has 0 bridgehead atoms. The van der Waals surface area contributed by atoms with Crippen LogP contribution in [-0.4, -0.2) is 76.0 Å². The summed E-state index contributed by atoms with van der Waals surface area (Å²) in [6.07, 6.45) is 4.39. The van der Waals surface area contributed by atoms with Crippen LogP contribution in [0.3, 0.4) is 0 Å². The zero-order valence-electron chi connectivity index (χ0n) is 17.4. The molecule has 0 aromatic heterocycles. The topological polar surface area (TPSA) is 65.0 Å². The molecule has 1 atom stereocenters. The number of nitrogens with one attached hydrogen (secondary N) is 1. The monoisotopic (exact) mass is 406 g/mol. The molecular weight excluding hydrogens is 372 g/mol. The Balaban J connectivity index is 1.53. The van der Waals surface area contributed by atoms with Crippen LogP contribution in [-0.2, 0) is 9.84 Å². The van der Waals surface area contributed by atoms with E-state index in [1.54, 1.807) is 0 Å². The van der Waals surface area contributed by atoms with Crippen molar-refractivity contribution >= 4 is 15.8 Å². The largest absolute Gasteiger partial charge is 0.356 e. The van der Waals surface area contributed by atoms with Gasteiger partial charge in [-0.15, -0.1) is 0 Å². The lowest BCUT2D eigenvalue weighted by molar-refractivity contribution is 0.126. The number of piperazine rings is 1. The molecule has 156 valence electrons. The van der Waals surface area contributed by atoms with Gasteiger partial charge in [0.15, 0.2) is 5.96 Å². The Labute approximate surface area is 169 Å². The average molecular weight is 407 g/mol. The third-order valence-electron chi connectivity index (χ3n) is 5.98. The Hall–Kier alpha value is -1.60. The number of benzene rings is 1. The van der Waals surface area contributed by atoms with Gasteiger partial charge in [-0.1, -0.05) is 37.3 Å². The number of sulfone groups is 1. The summed E-state index contributed by atoms with van der Waals surface area (Å²) in [5.74, 6) is 1.17. The molecule has 7 heteroatoms. The van der Waals surface area contributed by atoms with Crippen molar-refractivity contribution in [1.29, 1.82) is 0 Å². The molecule has 1 aliphatic carbocycles. The summed E-state index contributed by atoms with van der Waals surface area (Å²) in [6.45, 7) is 6.81. The molecule has 0 amide bonds. The quantitative estimate of drug-likeness (QED) is 0.555. The highest BCUT2D eigenvalue weighted by molar-refractivity contribution is 7.90. The normalized spacial score (nSPS) is 21.4. The van der Waals surface area contributed by atoms with Crippen LogP contribution in [0.1, 0.15) is 37.8 Å². The van der Waals surface area contributed by atoms with Crippen LogP contribution >= 0.6 is 0 Å². The first-order valence-electron chi connectivity index (χ1n) is 10.3. The fourth-order valence-electron chi connectivity index (χ4n) is 4.33. The van der Waals surface area contributed by atoms with Gasteiger partial charge < -0.3 is 10.2 Å². The summed E-state index contributed by atoms with van der Waals surface area (Å²) < 4.78 is 23.3. The molecular formula is C21H34N4O2S. The molecule has 0 spiro atoms. The van der Waals surface area contributed by atoms with E-state index in [-0.39, 0.29) is 11.2 Å². The maximum atomic E-state index is 11.7. The number of aliphatic imine (C=N–C) groups is 1. The van der Waals surface area contributed by atoms with Crippen molar-refractivity contribution in [3.63, 3.8) is 0 Å². The van der Waals surface area contributed by atoms with Crippen molar-refractivity contribution in [2.45, 2.75) is 32.2 Å². The highest BCUT2D eigenvalue weighted by atomic mass is 32.2. The van der Waals surface area contributed by atoms with E-state index in [2.05, 4.69) is 57.4 Å². The van der Waals surface area contributed by atoms with Gasteiger partial charge in [0.2, 0.25) is 0 Å². The maximum absolute atomic E-state index is 11.7. The molecule has 1 saturated carbocycles. The van der Waals surface area contributed by atoms with Crippen molar-refractivity contribution in [2.75, 3.05) is 51.8 Å². The summed E-state index contributed by atoms with van der Waals surface area (Å²) in [4.78, 5) is 9.31. The zero-order chi connectivity index (χ0) is 20.2. The summed E-state index contributed by atoms with van der Waals surface area (Å²) in [5.41, 5.74) is 1.30. The molecule has 6 nitrogen and oxygen atoms in total. The average Bonchev–Trinajstić information content (AvgIpc) is 3.42. The van der Waals surface area contributed by atoms with Crippen molar-refractivity contribution in [1.82, 2.24) is 15.1 Å². The van der Waals surface area contributed by atoms with Gasteiger partial charge in [0, 0.05) is 57.5 Å². The van der Waals surface area contributed by atoms with Crippen molar-refractivity contribution in [3.05, 3.63) is 35.9 Å². The second-order valence-electron chi connectivity index (χ2n) is 8.33. The molecule has 1 aromatic carbocycles. The number of rotatable bonds is 7. The molecule has 3 rings (SSSR count). The minimum atomic E-state index is -2.95. The lowest BCUT2D eigenvalue weighted by Gasteiger charge is -2.40. The molecule has 1 aromatic rings. The van der Waals surface area contributed by atoms with Gasteiger partial charge in [0.25, 0.3) is 0 Å². The molecule has 1 unspecified atom stereocenters. The molecule has 28 heavy (non-hydrogen) atoms. The lowest BCUT2D eigenvalue weighted by atomic mass is 10.0. The molecule has 1 N–H and O–H groups in total. The van der Waals surface area contributed by atoms with Crippen LogP contribution < -0.4 is 5.32 Å². The SMILES string of the molecule is CCC(c1ccccc1)N1CCN(C(=NC)NCC2(CS(C)(=O)=O)CC2)CC1. The number of nitrogens with zero attached hydrogens (tertiary/aromatic N) is 3. The van der Waals surface area contributed by atoms with Gasteiger partial charge in [0.05, 0.1) is 5.75 Å². The van der Waals surface area contributed by atoms with E-state index in [4.69, 9.17) is 0 Å². The van der Waals surface area contributed by atoms with Gasteiger partial charge in [0.1, 0.15) is 9.84 Å². The van der Waals surface area contributed by atoms with E-state index < -0.39 is 9.84 Å². The fourth-order valence-corrected chi connectivity index (χ4v) is 5.83. The second-order valence-corrected chi connectivity index (χ2v) is 10.5. The van der Waals surface area contributed by atoms with Crippen molar-refractivity contribution in [3.8, 4) is 0 Å². The Bertz CT molecular complexity index is 767. The number of hydrogen-bond donors (Lipinski definition) is 1. The maximum Gasteiger partial charge on any atom is 0.193 e. The Kier molecular flexibility index (Phi) is 6.65. The standard InChI is InChI=1S/C21H34N4O2S/c1-4-19(18-8-6-5-7-9-18)24-12-14-25(15-13-24)20(22-2)23-16-21(10-11-21)17-28(3,26)27/h5-9,19H,4,10-17H2,1-3H3,(H,22,23). The first kappa shape index (κ1) is 21.1. The van der Waals surface area contributed by atoms with Gasteiger partial charge in [-0.3, -0.25) is 9.89 Å². The van der Waals surface area contributed by atoms with Crippen LogP contribution in [0.2, 0.25) is 0 Å². The highest BCUT2D eigenvalue weighted by Crippen LogP contribution is 2.46. The van der Waals surface area contributed by atoms with E-state index in [0.29, 0.717) is 12.6 Å². The lowest BCUT2D eigenvalue weighted by Crippen LogP contribution is -2.53. The summed E-state index contributed by atoms with van der Waals surface area (Å²) in [7, 11) is -1.14. The molecule has 1 saturated heterocycles. The van der Waals surface area contributed by atoms with Gasteiger partial charge in [-0.05, 0) is 24.8 Å². The van der Waals surface area contributed by atoms with E-state index in [9.17, 15) is 8.42 Å². The van der Waals surface area contributed by atoms with Crippen LogP contribution in [0, 0.1) is 5.41 Å². The molecule has 2 aliphatic rings. The van der Waals surface area contributed by atoms with E-state index >= 15 is 0 Å².